The van der Waals surface area contributed by atoms with E-state index in [9.17, 15) is 14.9 Å². The summed E-state index contributed by atoms with van der Waals surface area (Å²) >= 11 is 0. The smallest absolute Gasteiger partial charge is 0.319 e. The molecule has 1 saturated heterocycles. The first-order valence-electron chi connectivity index (χ1n) is 8.60. The Morgan fingerprint density at radius 3 is 2.74 bits per heavy atom. The third-order valence-electron chi connectivity index (χ3n) is 4.40. The number of nitrogens with zero attached hydrogens (tertiary/aromatic N) is 4. The van der Waals surface area contributed by atoms with Gasteiger partial charge in [0.05, 0.1) is 18.5 Å². The van der Waals surface area contributed by atoms with Crippen LogP contribution in [0.3, 0.4) is 0 Å². The number of benzene rings is 1. The molecule has 2 aromatic rings. The number of ether oxygens (including phenoxy) is 2. The van der Waals surface area contributed by atoms with Crippen molar-refractivity contribution in [2.75, 3.05) is 20.2 Å². The van der Waals surface area contributed by atoms with E-state index in [1.165, 1.54) is 13.2 Å². The highest BCUT2D eigenvalue weighted by molar-refractivity contribution is 5.80. The van der Waals surface area contributed by atoms with Gasteiger partial charge in [-0.25, -0.2) is 4.98 Å². The zero-order chi connectivity index (χ0) is 19.2. The fourth-order valence-corrected chi connectivity index (χ4v) is 3.00. The number of hydrogen-bond donors (Lipinski definition) is 0. The molecular formula is C18H20N4O5. The minimum absolute atomic E-state index is 0.0196. The van der Waals surface area contributed by atoms with E-state index < -0.39 is 4.92 Å². The monoisotopic (exact) mass is 372 g/mol. The van der Waals surface area contributed by atoms with Crippen LogP contribution in [0, 0.1) is 10.1 Å². The Bertz CT molecular complexity index is 821. The first kappa shape index (κ1) is 18.6. The maximum Gasteiger partial charge on any atom is 0.319 e. The van der Waals surface area contributed by atoms with Crippen molar-refractivity contribution in [2.45, 2.75) is 25.4 Å². The van der Waals surface area contributed by atoms with Gasteiger partial charge in [-0.3, -0.25) is 14.9 Å². The van der Waals surface area contributed by atoms with E-state index >= 15 is 0 Å². The number of carbonyl (C=O) groups excluding carboxylic acids is 1. The Kier molecular flexibility index (Phi) is 5.80. The summed E-state index contributed by atoms with van der Waals surface area (Å²) in [6.07, 6.45) is 2.85. The Hall–Kier alpha value is -3.23. The lowest BCUT2D eigenvalue weighted by atomic mass is 10.1. The molecule has 1 amide bonds. The van der Waals surface area contributed by atoms with Gasteiger partial charge in [-0.15, -0.1) is 0 Å². The molecule has 0 saturated carbocycles. The van der Waals surface area contributed by atoms with Gasteiger partial charge in [0, 0.05) is 49.8 Å². The number of nitro groups is 1. The highest BCUT2D eigenvalue weighted by atomic mass is 16.6. The molecule has 9 heteroatoms. The van der Waals surface area contributed by atoms with Crippen LogP contribution >= 0.6 is 0 Å². The van der Waals surface area contributed by atoms with Crippen molar-refractivity contribution in [1.82, 2.24) is 14.9 Å². The van der Waals surface area contributed by atoms with Gasteiger partial charge in [0.1, 0.15) is 6.10 Å². The Morgan fingerprint density at radius 2 is 2.04 bits per heavy atom. The molecule has 0 N–H and O–H groups in total. The van der Waals surface area contributed by atoms with Gasteiger partial charge in [0.15, 0.2) is 0 Å². The number of carbonyl (C=O) groups is 1. The second-order valence-electron chi connectivity index (χ2n) is 6.14. The van der Waals surface area contributed by atoms with Crippen LogP contribution in [0.2, 0.25) is 0 Å². The second-order valence-corrected chi connectivity index (χ2v) is 6.14. The number of methoxy groups -OCH3 is 1. The van der Waals surface area contributed by atoms with Crippen LogP contribution in [0.1, 0.15) is 18.4 Å². The summed E-state index contributed by atoms with van der Waals surface area (Å²) in [4.78, 5) is 32.9. The molecule has 1 aliphatic heterocycles. The van der Waals surface area contributed by atoms with Gasteiger partial charge in [-0.1, -0.05) is 18.2 Å². The number of amides is 1. The molecule has 9 nitrogen and oxygen atoms in total. The average Bonchev–Trinajstić information content (AvgIpc) is 2.69. The molecule has 0 aliphatic carbocycles. The lowest BCUT2D eigenvalue weighted by Gasteiger charge is -2.32. The predicted molar refractivity (Wildman–Crippen MR) is 95.6 cm³/mol. The third-order valence-corrected chi connectivity index (χ3v) is 4.40. The summed E-state index contributed by atoms with van der Waals surface area (Å²) in [6, 6.07) is 8.23. The number of rotatable bonds is 6. The summed E-state index contributed by atoms with van der Waals surface area (Å²) in [5, 5.41) is 11.1. The van der Waals surface area contributed by atoms with Crippen molar-refractivity contribution in [3.63, 3.8) is 0 Å². The van der Waals surface area contributed by atoms with Crippen molar-refractivity contribution in [2.24, 2.45) is 0 Å². The molecule has 1 fully saturated rings. The number of aromatic nitrogens is 2. The first-order valence-corrected chi connectivity index (χ1v) is 8.60. The quantitative estimate of drug-likeness (QED) is 0.564. The number of nitro benzene ring substituents is 1. The topological polar surface area (TPSA) is 108 Å². The minimum atomic E-state index is -0.460. The molecule has 0 spiro atoms. The maximum atomic E-state index is 12.5. The summed E-state index contributed by atoms with van der Waals surface area (Å²) in [7, 11) is 1.49. The number of likely N-dealkylation sites (tertiary alicyclic amines) is 1. The Balaban J connectivity index is 1.54. The number of piperidine rings is 1. The molecule has 27 heavy (non-hydrogen) atoms. The lowest BCUT2D eigenvalue weighted by Crippen LogP contribution is -2.42. The van der Waals surface area contributed by atoms with Crippen molar-refractivity contribution < 1.29 is 19.2 Å². The predicted octanol–water partition coefficient (Wildman–Crippen LogP) is 2.01. The molecule has 0 unspecified atom stereocenters. The van der Waals surface area contributed by atoms with E-state index in [0.717, 1.165) is 0 Å². The van der Waals surface area contributed by atoms with Crippen LogP contribution in [0.5, 0.6) is 11.9 Å². The van der Waals surface area contributed by atoms with Gasteiger partial charge in [-0.05, 0) is 0 Å². The molecule has 142 valence electrons. The summed E-state index contributed by atoms with van der Waals surface area (Å²) in [5.41, 5.74) is 0.403. The van der Waals surface area contributed by atoms with Gasteiger partial charge < -0.3 is 14.4 Å². The van der Waals surface area contributed by atoms with Crippen LogP contribution in [0.25, 0.3) is 0 Å². The molecule has 1 aromatic heterocycles. The largest absolute Gasteiger partial charge is 0.474 e. The maximum absolute atomic E-state index is 12.5. The fourth-order valence-electron chi connectivity index (χ4n) is 3.00. The van der Waals surface area contributed by atoms with Crippen molar-refractivity contribution in [3.8, 4) is 11.9 Å². The zero-order valence-corrected chi connectivity index (χ0v) is 14.9. The van der Waals surface area contributed by atoms with Crippen molar-refractivity contribution >= 4 is 11.6 Å². The molecular weight excluding hydrogens is 352 g/mol. The van der Waals surface area contributed by atoms with E-state index in [2.05, 4.69) is 9.97 Å². The molecule has 1 aliphatic rings. The summed E-state index contributed by atoms with van der Waals surface area (Å²) < 4.78 is 10.8. The SMILES string of the molecule is COc1nccc(OC2CCN(C(=O)Cc3ccccc3[N+](=O)[O-])CC2)n1. The van der Waals surface area contributed by atoms with E-state index in [1.807, 2.05) is 0 Å². The van der Waals surface area contributed by atoms with Gasteiger partial charge in [0.25, 0.3) is 5.69 Å². The normalized spacial score (nSPS) is 14.6. The van der Waals surface area contributed by atoms with Crippen molar-refractivity contribution in [1.29, 1.82) is 0 Å². The average molecular weight is 372 g/mol. The first-order chi connectivity index (χ1) is 13.1. The molecule has 0 radical (unpaired) electrons. The number of para-hydroxylation sites is 1. The molecule has 3 rings (SSSR count). The fraction of sp³-hybridized carbons (Fsp3) is 0.389. The zero-order valence-electron chi connectivity index (χ0n) is 14.9. The molecule has 1 aromatic carbocycles. The van der Waals surface area contributed by atoms with E-state index in [0.29, 0.717) is 37.4 Å². The van der Waals surface area contributed by atoms with E-state index in [-0.39, 0.29) is 30.1 Å². The minimum Gasteiger partial charge on any atom is -0.474 e. The second kappa shape index (κ2) is 8.43. The van der Waals surface area contributed by atoms with Gasteiger partial charge >= 0.3 is 6.01 Å². The van der Waals surface area contributed by atoms with Crippen LogP contribution in [0.4, 0.5) is 5.69 Å². The van der Waals surface area contributed by atoms with Crippen LogP contribution < -0.4 is 9.47 Å². The Labute approximate surface area is 156 Å². The Morgan fingerprint density at radius 1 is 1.30 bits per heavy atom. The molecule has 0 atom stereocenters. The molecule has 0 bridgehead atoms. The number of hydrogen-bond acceptors (Lipinski definition) is 7. The highest BCUT2D eigenvalue weighted by Gasteiger charge is 2.26. The van der Waals surface area contributed by atoms with E-state index in [4.69, 9.17) is 9.47 Å². The standard InChI is InChI=1S/C18H20N4O5/c1-26-18-19-9-6-16(20-18)27-14-7-10-21(11-8-14)17(23)12-13-4-2-3-5-15(13)22(24)25/h2-6,9,14H,7-8,10-12H2,1H3. The third kappa shape index (κ3) is 4.69. The van der Waals surface area contributed by atoms with Crippen molar-refractivity contribution in [3.05, 3.63) is 52.2 Å². The lowest BCUT2D eigenvalue weighted by molar-refractivity contribution is -0.385. The molecule has 2 heterocycles. The summed E-state index contributed by atoms with van der Waals surface area (Å²) in [5.74, 6) is 0.318. The van der Waals surface area contributed by atoms with Crippen LogP contribution in [-0.4, -0.2) is 52.0 Å². The van der Waals surface area contributed by atoms with Gasteiger partial charge in [0.2, 0.25) is 11.8 Å². The summed E-state index contributed by atoms with van der Waals surface area (Å²) in [6.45, 7) is 1.07. The van der Waals surface area contributed by atoms with Gasteiger partial charge in [-0.2, -0.15) is 4.98 Å². The van der Waals surface area contributed by atoms with Crippen LogP contribution in [0.15, 0.2) is 36.5 Å². The van der Waals surface area contributed by atoms with E-state index in [1.54, 1.807) is 35.4 Å². The highest BCUT2D eigenvalue weighted by Crippen LogP contribution is 2.22. The van der Waals surface area contributed by atoms with Crippen LogP contribution in [-0.2, 0) is 11.2 Å².